The average molecular weight is 351 g/mol. The van der Waals surface area contributed by atoms with E-state index < -0.39 is 0 Å². The summed E-state index contributed by atoms with van der Waals surface area (Å²) in [6.45, 7) is 2.50. The summed E-state index contributed by atoms with van der Waals surface area (Å²) in [7, 11) is 3.45. The van der Waals surface area contributed by atoms with Crippen LogP contribution in [0.5, 0.6) is 11.5 Å². The molecule has 0 aromatic heterocycles. The maximum atomic E-state index is 5.88. The van der Waals surface area contributed by atoms with Gasteiger partial charge in [0.1, 0.15) is 18.1 Å². The van der Waals surface area contributed by atoms with Gasteiger partial charge in [-0.15, -0.1) is 0 Å². The van der Waals surface area contributed by atoms with Crippen molar-refractivity contribution in [2.45, 2.75) is 13.5 Å². The van der Waals surface area contributed by atoms with Crippen molar-refractivity contribution in [3.8, 4) is 11.5 Å². The molecule has 0 spiro atoms. The highest BCUT2D eigenvalue weighted by atomic mass is 79.9. The fraction of sp³-hybridized carbons (Fsp3) is 0.250. The first kappa shape index (κ1) is 15.7. The Morgan fingerprint density at radius 1 is 1.24 bits per heavy atom. The lowest BCUT2D eigenvalue weighted by Gasteiger charge is -2.19. The molecule has 0 aliphatic carbocycles. The number of hydrogen-bond acceptors (Lipinski definition) is 4. The molecule has 0 aliphatic heterocycles. The van der Waals surface area contributed by atoms with Gasteiger partial charge in [0.05, 0.1) is 17.3 Å². The lowest BCUT2D eigenvalue weighted by Crippen LogP contribution is -2.26. The largest absolute Gasteiger partial charge is 0.495 e. The van der Waals surface area contributed by atoms with Crippen LogP contribution in [0.15, 0.2) is 40.9 Å². The first-order chi connectivity index (χ1) is 10.0. The van der Waals surface area contributed by atoms with Crippen LogP contribution in [0.1, 0.15) is 11.1 Å². The fourth-order valence-corrected chi connectivity index (χ4v) is 2.50. The van der Waals surface area contributed by atoms with E-state index in [9.17, 15) is 0 Å². The van der Waals surface area contributed by atoms with E-state index in [1.54, 1.807) is 12.1 Å². The number of halogens is 1. The Labute approximate surface area is 133 Å². The van der Waals surface area contributed by atoms with Gasteiger partial charge in [0, 0.05) is 18.7 Å². The second-order valence-electron chi connectivity index (χ2n) is 4.77. The number of benzene rings is 2. The van der Waals surface area contributed by atoms with Crippen LogP contribution in [-0.2, 0) is 6.61 Å². The monoisotopic (exact) mass is 350 g/mol. The predicted octanol–water partition coefficient (Wildman–Crippen LogP) is 3.66. The van der Waals surface area contributed by atoms with E-state index in [1.165, 1.54) is 0 Å². The van der Waals surface area contributed by atoms with Crippen LogP contribution < -0.4 is 20.3 Å². The van der Waals surface area contributed by atoms with Crippen molar-refractivity contribution in [1.82, 2.24) is 0 Å². The molecular formula is C16H19BrN2O2. The summed E-state index contributed by atoms with van der Waals surface area (Å²) in [4.78, 5) is 0. The number of nitrogens with two attached hydrogens (primary N) is 1. The molecule has 2 aromatic carbocycles. The molecule has 0 bridgehead atoms. The van der Waals surface area contributed by atoms with Crippen LogP contribution in [0.25, 0.3) is 0 Å². The molecule has 0 saturated carbocycles. The summed E-state index contributed by atoms with van der Waals surface area (Å²) in [5, 5.41) is 1.61. The summed E-state index contributed by atoms with van der Waals surface area (Å²) in [6, 6.07) is 11.7. The number of rotatable bonds is 5. The van der Waals surface area contributed by atoms with Crippen molar-refractivity contribution in [2.75, 3.05) is 19.2 Å². The zero-order valence-corrected chi connectivity index (χ0v) is 14.0. The van der Waals surface area contributed by atoms with Gasteiger partial charge in [-0.2, -0.15) is 0 Å². The van der Waals surface area contributed by atoms with E-state index in [0.29, 0.717) is 6.61 Å². The van der Waals surface area contributed by atoms with Crippen molar-refractivity contribution >= 4 is 21.6 Å². The molecule has 0 fully saturated rings. The molecule has 112 valence electrons. The van der Waals surface area contributed by atoms with Gasteiger partial charge >= 0.3 is 0 Å². The van der Waals surface area contributed by atoms with Gasteiger partial charge in [-0.25, -0.2) is 5.84 Å². The summed E-state index contributed by atoms with van der Waals surface area (Å²) >= 11 is 3.43. The molecule has 0 atom stereocenters. The molecule has 2 N–H and O–H groups in total. The van der Waals surface area contributed by atoms with Crippen LogP contribution in [0, 0.1) is 6.92 Å². The molecule has 0 aliphatic rings. The van der Waals surface area contributed by atoms with Crippen molar-refractivity contribution in [3.63, 3.8) is 0 Å². The molecule has 0 amide bonds. The van der Waals surface area contributed by atoms with E-state index in [1.807, 2.05) is 50.4 Å². The van der Waals surface area contributed by atoms with Crippen molar-refractivity contribution in [2.24, 2.45) is 5.84 Å². The Balaban J connectivity index is 2.20. The molecule has 0 heterocycles. The molecule has 0 radical (unpaired) electrons. The summed E-state index contributed by atoms with van der Waals surface area (Å²) in [5.41, 5.74) is 3.18. The minimum Gasteiger partial charge on any atom is -0.495 e. The smallest absolute Gasteiger partial charge is 0.136 e. The Morgan fingerprint density at radius 2 is 2.00 bits per heavy atom. The van der Waals surface area contributed by atoms with Crippen LogP contribution in [0.3, 0.4) is 0 Å². The highest BCUT2D eigenvalue weighted by molar-refractivity contribution is 9.10. The van der Waals surface area contributed by atoms with Gasteiger partial charge in [0.25, 0.3) is 0 Å². The minimum absolute atomic E-state index is 0.453. The van der Waals surface area contributed by atoms with Gasteiger partial charge in [-0.3, -0.25) is 0 Å². The standard InChI is InChI=1S/C16H19BrN2O2/c1-11-5-4-6-15(19(2)18)13(11)10-21-12-7-8-14(17)16(9-12)20-3/h4-9H,10,18H2,1-3H3. The van der Waals surface area contributed by atoms with E-state index >= 15 is 0 Å². The third-order valence-electron chi connectivity index (χ3n) is 3.27. The maximum absolute atomic E-state index is 5.88. The Morgan fingerprint density at radius 3 is 2.67 bits per heavy atom. The first-order valence-electron chi connectivity index (χ1n) is 6.56. The van der Waals surface area contributed by atoms with Crippen LogP contribution >= 0.6 is 15.9 Å². The van der Waals surface area contributed by atoms with Gasteiger partial charge in [-0.05, 0) is 46.6 Å². The van der Waals surface area contributed by atoms with Crippen molar-refractivity contribution < 1.29 is 9.47 Å². The number of aryl methyl sites for hydroxylation is 1. The van der Waals surface area contributed by atoms with Crippen molar-refractivity contribution in [3.05, 3.63) is 52.0 Å². The lowest BCUT2D eigenvalue weighted by atomic mass is 10.1. The van der Waals surface area contributed by atoms with E-state index in [4.69, 9.17) is 15.3 Å². The van der Waals surface area contributed by atoms with Crippen LogP contribution in [0.4, 0.5) is 5.69 Å². The summed E-state index contributed by atoms with van der Waals surface area (Å²) < 4.78 is 12.0. The molecule has 21 heavy (non-hydrogen) atoms. The first-order valence-corrected chi connectivity index (χ1v) is 7.35. The zero-order chi connectivity index (χ0) is 15.4. The Kier molecular flexibility index (Phi) is 5.09. The lowest BCUT2D eigenvalue weighted by molar-refractivity contribution is 0.303. The molecule has 4 nitrogen and oxygen atoms in total. The number of hydrogen-bond donors (Lipinski definition) is 1. The second kappa shape index (κ2) is 6.83. The minimum atomic E-state index is 0.453. The fourth-order valence-electron chi connectivity index (χ4n) is 2.09. The molecular weight excluding hydrogens is 332 g/mol. The number of ether oxygens (including phenoxy) is 2. The topological polar surface area (TPSA) is 47.7 Å². The molecule has 2 rings (SSSR count). The van der Waals surface area contributed by atoms with Gasteiger partial charge in [0.15, 0.2) is 0 Å². The molecule has 5 heteroatoms. The third kappa shape index (κ3) is 3.68. The van der Waals surface area contributed by atoms with Crippen LogP contribution in [-0.4, -0.2) is 14.2 Å². The zero-order valence-electron chi connectivity index (χ0n) is 12.4. The van der Waals surface area contributed by atoms with Crippen LogP contribution in [0.2, 0.25) is 0 Å². The molecule has 0 saturated heterocycles. The van der Waals surface area contributed by atoms with Crippen molar-refractivity contribution in [1.29, 1.82) is 0 Å². The highest BCUT2D eigenvalue weighted by Crippen LogP contribution is 2.30. The third-order valence-corrected chi connectivity index (χ3v) is 3.93. The summed E-state index contributed by atoms with van der Waals surface area (Å²) in [5.74, 6) is 7.37. The van der Waals surface area contributed by atoms with Gasteiger partial charge < -0.3 is 14.5 Å². The SMILES string of the molecule is COc1cc(OCc2c(C)cccc2N(C)N)ccc1Br. The number of methoxy groups -OCH3 is 1. The predicted molar refractivity (Wildman–Crippen MR) is 88.8 cm³/mol. The van der Waals surface area contributed by atoms with E-state index in [-0.39, 0.29) is 0 Å². The number of anilines is 1. The maximum Gasteiger partial charge on any atom is 0.136 e. The van der Waals surface area contributed by atoms with E-state index in [0.717, 1.165) is 32.8 Å². The quantitative estimate of drug-likeness (QED) is 0.660. The number of hydrazine groups is 1. The summed E-state index contributed by atoms with van der Waals surface area (Å²) in [6.07, 6.45) is 0. The number of nitrogens with zero attached hydrogens (tertiary/aromatic N) is 1. The molecule has 2 aromatic rings. The van der Waals surface area contributed by atoms with Gasteiger partial charge in [-0.1, -0.05) is 12.1 Å². The average Bonchev–Trinajstić information content (AvgIpc) is 2.47. The Bertz CT molecular complexity index is 630. The van der Waals surface area contributed by atoms with Gasteiger partial charge in [0.2, 0.25) is 0 Å². The normalized spacial score (nSPS) is 10.3. The second-order valence-corrected chi connectivity index (χ2v) is 5.62. The highest BCUT2D eigenvalue weighted by Gasteiger charge is 2.09. The van der Waals surface area contributed by atoms with E-state index in [2.05, 4.69) is 15.9 Å². The molecule has 0 unspecified atom stereocenters. The Hall–Kier alpha value is -1.72.